The van der Waals surface area contributed by atoms with Crippen molar-refractivity contribution in [1.82, 2.24) is 4.98 Å². The van der Waals surface area contributed by atoms with Crippen molar-refractivity contribution >= 4 is 34.9 Å². The second kappa shape index (κ2) is 4.91. The Hall–Kier alpha value is 0.330. The Morgan fingerprint density at radius 1 is 1.31 bits per heavy atom. The lowest BCUT2D eigenvalue weighted by Crippen LogP contribution is -2.18. The van der Waals surface area contributed by atoms with Crippen LogP contribution in [0.25, 0.3) is 0 Å². The molecule has 0 radical (unpaired) electrons. The molecule has 0 amide bonds. The summed E-state index contributed by atoms with van der Waals surface area (Å²) in [5.41, 5.74) is 1.38. The Bertz CT molecular complexity index is 359. The van der Waals surface area contributed by atoms with Gasteiger partial charge in [-0.3, -0.25) is 0 Å². The Kier molecular flexibility index (Phi) is 3.50. The average Bonchev–Trinajstić information content (AvgIpc) is 3.07. The van der Waals surface area contributed by atoms with Gasteiger partial charge in [0, 0.05) is 28.1 Å². The minimum atomic E-state index is 0.668. The molecule has 0 N–H and O–H groups in total. The van der Waals surface area contributed by atoms with E-state index in [1.165, 1.54) is 41.5 Å². The second-order valence-corrected chi connectivity index (χ2v) is 7.98. The summed E-state index contributed by atoms with van der Waals surface area (Å²) in [5.74, 6) is 3.43. The maximum Gasteiger partial charge on any atom is 0.107 e. The molecule has 0 bridgehead atoms. The van der Waals surface area contributed by atoms with E-state index in [0.717, 1.165) is 11.2 Å². The summed E-state index contributed by atoms with van der Waals surface area (Å²) in [7, 11) is 0. The Labute approximate surface area is 110 Å². The highest BCUT2D eigenvalue weighted by molar-refractivity contribution is 8.06. The third-order valence-corrected chi connectivity index (χ3v) is 7.58. The molecule has 0 spiro atoms. The summed E-state index contributed by atoms with van der Waals surface area (Å²) in [4.78, 5) is 4.88. The fraction of sp³-hybridized carbons (Fsp3) is 0.750. The first-order valence-electron chi connectivity index (χ1n) is 6.07. The van der Waals surface area contributed by atoms with Crippen LogP contribution in [0.5, 0.6) is 0 Å². The third kappa shape index (κ3) is 2.29. The molecular weight excluding hydrogens is 254 g/mol. The van der Waals surface area contributed by atoms with Crippen molar-refractivity contribution in [2.75, 3.05) is 11.5 Å². The molecule has 2 atom stereocenters. The predicted octanol–water partition coefficient (Wildman–Crippen LogP) is 4.32. The first-order chi connectivity index (χ1) is 7.88. The molecule has 2 aliphatic rings. The summed E-state index contributed by atoms with van der Waals surface area (Å²) >= 11 is 6.17. The van der Waals surface area contributed by atoms with Crippen LogP contribution in [0.2, 0.25) is 0 Å². The highest BCUT2D eigenvalue weighted by atomic mass is 32.2. The van der Waals surface area contributed by atoms with Crippen molar-refractivity contribution in [3.63, 3.8) is 0 Å². The van der Waals surface area contributed by atoms with Crippen LogP contribution in [0.3, 0.4) is 0 Å². The summed E-state index contributed by atoms with van der Waals surface area (Å²) < 4.78 is 0. The summed E-state index contributed by atoms with van der Waals surface area (Å²) in [5, 5.41) is 5.16. The SMILES string of the molecule is CCC1SCCSC1c1nc(C2CC2)cs1. The van der Waals surface area contributed by atoms with Gasteiger partial charge in [-0.25, -0.2) is 4.98 Å². The van der Waals surface area contributed by atoms with Gasteiger partial charge in [0.1, 0.15) is 5.01 Å². The molecule has 1 aromatic rings. The maximum absolute atomic E-state index is 4.88. The third-order valence-electron chi connectivity index (χ3n) is 3.23. The summed E-state index contributed by atoms with van der Waals surface area (Å²) in [6.07, 6.45) is 4.01. The Morgan fingerprint density at radius 2 is 2.12 bits per heavy atom. The molecule has 88 valence electrons. The Morgan fingerprint density at radius 3 is 2.88 bits per heavy atom. The van der Waals surface area contributed by atoms with E-state index in [4.69, 9.17) is 4.98 Å². The lowest BCUT2D eigenvalue weighted by molar-refractivity contribution is 0.784. The lowest BCUT2D eigenvalue weighted by Gasteiger charge is -2.28. The zero-order valence-electron chi connectivity index (χ0n) is 9.52. The van der Waals surface area contributed by atoms with E-state index >= 15 is 0 Å². The topological polar surface area (TPSA) is 12.9 Å². The molecule has 3 rings (SSSR count). The van der Waals surface area contributed by atoms with Crippen LogP contribution in [0.4, 0.5) is 0 Å². The van der Waals surface area contributed by atoms with Gasteiger partial charge >= 0.3 is 0 Å². The van der Waals surface area contributed by atoms with E-state index in [0.29, 0.717) is 5.25 Å². The quantitative estimate of drug-likeness (QED) is 0.812. The van der Waals surface area contributed by atoms with Crippen LogP contribution < -0.4 is 0 Å². The van der Waals surface area contributed by atoms with E-state index in [1.807, 2.05) is 11.3 Å². The molecular formula is C12H17NS3. The van der Waals surface area contributed by atoms with Gasteiger partial charge in [0.05, 0.1) is 10.9 Å². The average molecular weight is 271 g/mol. The van der Waals surface area contributed by atoms with Gasteiger partial charge in [0.15, 0.2) is 0 Å². The van der Waals surface area contributed by atoms with Gasteiger partial charge in [0.2, 0.25) is 0 Å². The van der Waals surface area contributed by atoms with E-state index in [2.05, 4.69) is 35.8 Å². The summed E-state index contributed by atoms with van der Waals surface area (Å²) in [6, 6.07) is 0. The molecule has 2 fully saturated rings. The first-order valence-corrected chi connectivity index (χ1v) is 9.04. The highest BCUT2D eigenvalue weighted by Crippen LogP contribution is 2.47. The number of thiazole rings is 1. The van der Waals surface area contributed by atoms with Gasteiger partial charge in [-0.15, -0.1) is 23.1 Å². The molecule has 1 saturated carbocycles. The number of thioether (sulfide) groups is 2. The van der Waals surface area contributed by atoms with Crippen molar-refractivity contribution in [1.29, 1.82) is 0 Å². The zero-order chi connectivity index (χ0) is 11.0. The number of hydrogen-bond donors (Lipinski definition) is 0. The van der Waals surface area contributed by atoms with Gasteiger partial charge in [0.25, 0.3) is 0 Å². The highest BCUT2D eigenvalue weighted by Gasteiger charge is 2.31. The first kappa shape index (κ1) is 11.4. The van der Waals surface area contributed by atoms with Gasteiger partial charge in [-0.2, -0.15) is 11.8 Å². The number of hydrogen-bond acceptors (Lipinski definition) is 4. The van der Waals surface area contributed by atoms with Crippen LogP contribution in [0, 0.1) is 0 Å². The van der Waals surface area contributed by atoms with E-state index in [1.54, 1.807) is 0 Å². The molecule has 1 aliphatic carbocycles. The number of nitrogens with zero attached hydrogens (tertiary/aromatic N) is 1. The van der Waals surface area contributed by atoms with Gasteiger partial charge < -0.3 is 0 Å². The molecule has 1 nitrogen and oxygen atoms in total. The molecule has 1 saturated heterocycles. The monoisotopic (exact) mass is 271 g/mol. The van der Waals surface area contributed by atoms with Crippen molar-refractivity contribution in [3.8, 4) is 0 Å². The summed E-state index contributed by atoms with van der Waals surface area (Å²) in [6.45, 7) is 2.31. The molecule has 16 heavy (non-hydrogen) atoms. The van der Waals surface area contributed by atoms with Crippen LogP contribution in [0.15, 0.2) is 5.38 Å². The van der Waals surface area contributed by atoms with Crippen molar-refractivity contribution < 1.29 is 0 Å². The minimum Gasteiger partial charge on any atom is -0.245 e. The normalized spacial score (nSPS) is 30.6. The largest absolute Gasteiger partial charge is 0.245 e. The molecule has 4 heteroatoms. The van der Waals surface area contributed by atoms with E-state index in [9.17, 15) is 0 Å². The predicted molar refractivity (Wildman–Crippen MR) is 75.8 cm³/mol. The molecule has 0 aromatic carbocycles. The Balaban J connectivity index is 1.77. The molecule has 2 heterocycles. The molecule has 1 aromatic heterocycles. The van der Waals surface area contributed by atoms with Crippen molar-refractivity contribution in [2.45, 2.75) is 42.6 Å². The number of aromatic nitrogens is 1. The fourth-order valence-electron chi connectivity index (χ4n) is 2.13. The van der Waals surface area contributed by atoms with Crippen LogP contribution in [-0.2, 0) is 0 Å². The van der Waals surface area contributed by atoms with Crippen molar-refractivity contribution in [2.24, 2.45) is 0 Å². The lowest BCUT2D eigenvalue weighted by atomic mass is 10.2. The smallest absolute Gasteiger partial charge is 0.107 e. The van der Waals surface area contributed by atoms with Crippen LogP contribution in [0.1, 0.15) is 48.1 Å². The van der Waals surface area contributed by atoms with Crippen molar-refractivity contribution in [3.05, 3.63) is 16.1 Å². The molecule has 2 unspecified atom stereocenters. The zero-order valence-corrected chi connectivity index (χ0v) is 12.0. The van der Waals surface area contributed by atoms with E-state index < -0.39 is 0 Å². The minimum absolute atomic E-state index is 0.668. The standard InChI is InChI=1S/C12H17NS3/c1-2-10-11(15-6-5-14-10)12-13-9(7-16-12)8-3-4-8/h7-8,10-11H,2-6H2,1H3. The maximum atomic E-state index is 4.88. The van der Waals surface area contributed by atoms with Gasteiger partial charge in [-0.05, 0) is 19.3 Å². The molecule has 1 aliphatic heterocycles. The van der Waals surface area contributed by atoms with Gasteiger partial charge in [-0.1, -0.05) is 6.92 Å². The van der Waals surface area contributed by atoms with E-state index in [-0.39, 0.29) is 0 Å². The van der Waals surface area contributed by atoms with Crippen LogP contribution >= 0.6 is 34.9 Å². The second-order valence-electron chi connectivity index (χ2n) is 4.49. The van der Waals surface area contributed by atoms with Crippen LogP contribution in [-0.4, -0.2) is 21.7 Å². The fourth-order valence-corrected chi connectivity index (χ4v) is 6.47. The number of rotatable bonds is 3.